The Hall–Kier alpha value is -0.870. The van der Waals surface area contributed by atoms with Crippen molar-refractivity contribution in [3.63, 3.8) is 0 Å². The van der Waals surface area contributed by atoms with Crippen LogP contribution in [0.4, 0.5) is 5.69 Å². The van der Waals surface area contributed by atoms with Crippen molar-refractivity contribution < 1.29 is 4.21 Å². The summed E-state index contributed by atoms with van der Waals surface area (Å²) in [6, 6.07) is 7.07. The van der Waals surface area contributed by atoms with Gasteiger partial charge in [0.15, 0.2) is 0 Å². The normalized spacial score (nSPS) is 12.8. The van der Waals surface area contributed by atoms with Crippen molar-refractivity contribution in [1.29, 1.82) is 0 Å². The second-order valence-electron chi connectivity index (χ2n) is 2.41. The van der Waals surface area contributed by atoms with Crippen LogP contribution >= 0.6 is 0 Å². The molecule has 0 bridgehead atoms. The lowest BCUT2D eigenvalue weighted by atomic mass is 10.3. The lowest BCUT2D eigenvalue weighted by Crippen LogP contribution is -2.13. The minimum absolute atomic E-state index is 0.476. The first kappa shape index (κ1) is 9.22. The van der Waals surface area contributed by atoms with Gasteiger partial charge < -0.3 is 11.1 Å². The predicted octanol–water partition coefficient (Wildman–Crippen LogP) is 0.553. The average Bonchev–Trinajstić information content (AvgIpc) is 2.06. The summed E-state index contributed by atoms with van der Waals surface area (Å²) in [6.07, 6.45) is 0. The zero-order chi connectivity index (χ0) is 8.97. The number of benzene rings is 1. The highest BCUT2D eigenvalue weighted by atomic mass is 32.2. The van der Waals surface area contributed by atoms with E-state index >= 15 is 0 Å². The minimum Gasteiger partial charge on any atom is -0.399 e. The van der Waals surface area contributed by atoms with Gasteiger partial charge >= 0.3 is 0 Å². The van der Waals surface area contributed by atoms with E-state index in [-0.39, 0.29) is 0 Å². The van der Waals surface area contributed by atoms with Crippen molar-refractivity contribution in [3.8, 4) is 0 Å². The number of anilines is 1. The summed E-state index contributed by atoms with van der Waals surface area (Å²) < 4.78 is 11.4. The van der Waals surface area contributed by atoms with Crippen LogP contribution in [0.25, 0.3) is 0 Å². The molecular weight excluding hydrogens is 172 g/mol. The largest absolute Gasteiger partial charge is 0.399 e. The summed E-state index contributed by atoms with van der Waals surface area (Å²) in [5, 5.41) is 2.85. The van der Waals surface area contributed by atoms with Crippen LogP contribution in [0.5, 0.6) is 0 Å². The van der Waals surface area contributed by atoms with Gasteiger partial charge in [0.1, 0.15) is 0 Å². The van der Waals surface area contributed by atoms with Crippen molar-refractivity contribution in [3.05, 3.63) is 24.3 Å². The monoisotopic (exact) mass is 184 g/mol. The van der Waals surface area contributed by atoms with Gasteiger partial charge in [-0.2, -0.15) is 0 Å². The van der Waals surface area contributed by atoms with Crippen molar-refractivity contribution in [2.45, 2.75) is 4.90 Å². The van der Waals surface area contributed by atoms with E-state index in [1.165, 1.54) is 0 Å². The summed E-state index contributed by atoms with van der Waals surface area (Å²) in [4.78, 5) is 0.804. The first-order valence-electron chi connectivity index (χ1n) is 3.62. The zero-order valence-corrected chi connectivity index (χ0v) is 7.73. The van der Waals surface area contributed by atoms with Crippen LogP contribution in [0.15, 0.2) is 29.2 Å². The van der Waals surface area contributed by atoms with E-state index in [0.29, 0.717) is 11.6 Å². The molecule has 66 valence electrons. The van der Waals surface area contributed by atoms with E-state index in [0.717, 1.165) is 4.90 Å². The molecule has 4 heteroatoms. The van der Waals surface area contributed by atoms with Crippen molar-refractivity contribution in [2.24, 2.45) is 0 Å². The van der Waals surface area contributed by atoms with Crippen LogP contribution in [0.3, 0.4) is 0 Å². The van der Waals surface area contributed by atoms with Gasteiger partial charge in [-0.05, 0) is 31.3 Å². The van der Waals surface area contributed by atoms with E-state index in [1.807, 2.05) is 0 Å². The molecule has 12 heavy (non-hydrogen) atoms. The smallest absolute Gasteiger partial charge is 0.0767 e. The summed E-state index contributed by atoms with van der Waals surface area (Å²) in [5.74, 6) is 0.476. The van der Waals surface area contributed by atoms with Gasteiger partial charge in [-0.15, -0.1) is 0 Å². The fourth-order valence-corrected chi connectivity index (χ4v) is 1.70. The maximum absolute atomic E-state index is 11.4. The van der Waals surface area contributed by atoms with Gasteiger partial charge in [0.2, 0.25) is 0 Å². The molecule has 1 unspecified atom stereocenters. The maximum atomic E-state index is 11.4. The molecule has 1 atom stereocenters. The highest BCUT2D eigenvalue weighted by Gasteiger charge is 2.00. The molecule has 0 radical (unpaired) electrons. The molecule has 0 aliphatic carbocycles. The molecule has 0 heterocycles. The van der Waals surface area contributed by atoms with Crippen LogP contribution in [-0.4, -0.2) is 17.1 Å². The van der Waals surface area contributed by atoms with Gasteiger partial charge in [-0.25, -0.2) is 0 Å². The van der Waals surface area contributed by atoms with E-state index < -0.39 is 10.8 Å². The van der Waals surface area contributed by atoms with Crippen LogP contribution < -0.4 is 11.1 Å². The molecule has 0 amide bonds. The molecule has 0 saturated carbocycles. The topological polar surface area (TPSA) is 55.1 Å². The van der Waals surface area contributed by atoms with Crippen LogP contribution in [0.2, 0.25) is 0 Å². The van der Waals surface area contributed by atoms with E-state index in [2.05, 4.69) is 5.32 Å². The highest BCUT2D eigenvalue weighted by molar-refractivity contribution is 7.85. The Kier molecular flexibility index (Phi) is 3.25. The second-order valence-corrected chi connectivity index (χ2v) is 3.86. The summed E-state index contributed by atoms with van der Waals surface area (Å²) in [5.41, 5.74) is 6.18. The number of nitrogens with two attached hydrogens (primary N) is 1. The quantitative estimate of drug-likeness (QED) is 0.675. The molecule has 3 nitrogen and oxygen atoms in total. The van der Waals surface area contributed by atoms with Crippen LogP contribution in [-0.2, 0) is 10.8 Å². The van der Waals surface area contributed by atoms with Crippen LogP contribution in [0, 0.1) is 0 Å². The van der Waals surface area contributed by atoms with Gasteiger partial charge in [-0.3, -0.25) is 4.21 Å². The number of hydrogen-bond acceptors (Lipinski definition) is 3. The lowest BCUT2D eigenvalue weighted by molar-refractivity contribution is 0.679. The first-order valence-corrected chi connectivity index (χ1v) is 4.94. The Morgan fingerprint density at radius 1 is 1.42 bits per heavy atom. The Morgan fingerprint density at radius 3 is 2.50 bits per heavy atom. The fraction of sp³-hybridized carbons (Fsp3) is 0.250. The van der Waals surface area contributed by atoms with Crippen LogP contribution in [0.1, 0.15) is 0 Å². The molecule has 1 aromatic rings. The van der Waals surface area contributed by atoms with Gasteiger partial charge in [-0.1, -0.05) is 0 Å². The number of nitrogens with one attached hydrogen (secondary N) is 1. The Bertz CT molecular complexity index is 271. The van der Waals surface area contributed by atoms with Crippen molar-refractivity contribution >= 4 is 16.5 Å². The fourth-order valence-electron chi connectivity index (χ4n) is 0.834. The number of hydrogen-bond donors (Lipinski definition) is 2. The maximum Gasteiger partial charge on any atom is 0.0767 e. The third kappa shape index (κ3) is 2.32. The molecule has 3 N–H and O–H groups in total. The molecule has 1 aromatic carbocycles. The van der Waals surface area contributed by atoms with Crippen molar-refractivity contribution in [1.82, 2.24) is 5.32 Å². The van der Waals surface area contributed by atoms with E-state index in [4.69, 9.17) is 5.73 Å². The third-order valence-electron chi connectivity index (χ3n) is 1.42. The van der Waals surface area contributed by atoms with Gasteiger partial charge in [0.05, 0.1) is 16.7 Å². The summed E-state index contributed by atoms with van der Waals surface area (Å²) >= 11 is 0. The van der Waals surface area contributed by atoms with E-state index in [9.17, 15) is 4.21 Å². The molecule has 0 aliphatic rings. The molecule has 0 spiro atoms. The number of nitrogen functional groups attached to an aromatic ring is 1. The third-order valence-corrected chi connectivity index (χ3v) is 2.77. The van der Waals surface area contributed by atoms with Gasteiger partial charge in [0, 0.05) is 10.6 Å². The summed E-state index contributed by atoms with van der Waals surface area (Å²) in [6.45, 7) is 0. The highest BCUT2D eigenvalue weighted by Crippen LogP contribution is 2.08. The molecule has 1 rings (SSSR count). The minimum atomic E-state index is -0.958. The lowest BCUT2D eigenvalue weighted by Gasteiger charge is -2.00. The zero-order valence-electron chi connectivity index (χ0n) is 6.91. The Balaban J connectivity index is 2.75. The Morgan fingerprint density at radius 2 is 2.00 bits per heavy atom. The predicted molar refractivity (Wildman–Crippen MR) is 51.2 cm³/mol. The van der Waals surface area contributed by atoms with Gasteiger partial charge in [0.25, 0.3) is 0 Å². The SMILES string of the molecule is CNCS(=O)c1ccc(N)cc1. The molecule has 0 aliphatic heterocycles. The number of rotatable bonds is 3. The average molecular weight is 184 g/mol. The molecule has 0 aromatic heterocycles. The Labute approximate surface area is 74.4 Å². The van der Waals surface area contributed by atoms with E-state index in [1.54, 1.807) is 31.3 Å². The standard InChI is InChI=1S/C8H12N2OS/c1-10-6-12(11)8-4-2-7(9)3-5-8/h2-5,10H,6,9H2,1H3. The first-order chi connectivity index (χ1) is 5.74. The second kappa shape index (κ2) is 4.23. The molecular formula is C8H12N2OS. The van der Waals surface area contributed by atoms with Crippen molar-refractivity contribution in [2.75, 3.05) is 18.7 Å². The molecule has 0 saturated heterocycles. The molecule has 0 fully saturated rings. The summed E-state index contributed by atoms with van der Waals surface area (Å²) in [7, 11) is 0.815.